The predicted molar refractivity (Wildman–Crippen MR) is 75.1 cm³/mol. The Morgan fingerprint density at radius 1 is 1.21 bits per heavy atom. The third kappa shape index (κ3) is 4.07. The molecule has 0 spiro atoms. The van der Waals surface area contributed by atoms with Gasteiger partial charge in [-0.25, -0.2) is 0 Å². The number of hydrogen-bond donors (Lipinski definition) is 1. The summed E-state index contributed by atoms with van der Waals surface area (Å²) in [6, 6.07) is 11.6. The highest BCUT2D eigenvalue weighted by Gasteiger charge is 2.04. The first-order valence-corrected chi connectivity index (χ1v) is 6.59. The molecule has 19 heavy (non-hydrogen) atoms. The number of aliphatic hydroxyl groups is 1. The summed E-state index contributed by atoms with van der Waals surface area (Å²) in [5.74, 6) is 0.830. The summed E-state index contributed by atoms with van der Waals surface area (Å²) in [5, 5.41) is 9.70. The van der Waals surface area contributed by atoms with E-state index in [1.165, 1.54) is 5.56 Å². The second-order valence-electron chi connectivity index (χ2n) is 4.45. The van der Waals surface area contributed by atoms with Crippen molar-refractivity contribution in [2.45, 2.75) is 25.9 Å². The normalized spacial score (nSPS) is 12.1. The van der Waals surface area contributed by atoms with Crippen LogP contribution in [0.4, 0.5) is 0 Å². The molecule has 1 heterocycles. The smallest absolute Gasteiger partial charge is 0.119 e. The molecule has 0 saturated carbocycles. The molecular weight excluding hydrogens is 238 g/mol. The molecule has 0 radical (unpaired) electrons. The predicted octanol–water partition coefficient (Wildman–Crippen LogP) is 3.15. The number of aliphatic hydroxyl groups excluding tert-OH is 1. The quantitative estimate of drug-likeness (QED) is 0.864. The fraction of sp³-hybridized carbons (Fsp3) is 0.312. The number of ether oxygens (including phenoxy) is 1. The highest BCUT2D eigenvalue weighted by atomic mass is 16.5. The van der Waals surface area contributed by atoms with E-state index in [1.54, 1.807) is 6.20 Å². The van der Waals surface area contributed by atoms with Crippen molar-refractivity contribution in [2.75, 3.05) is 6.61 Å². The van der Waals surface area contributed by atoms with E-state index in [0.717, 1.165) is 24.2 Å². The molecule has 0 amide bonds. The van der Waals surface area contributed by atoms with Crippen LogP contribution < -0.4 is 4.74 Å². The molecule has 1 N–H and O–H groups in total. The van der Waals surface area contributed by atoms with Gasteiger partial charge in [0.1, 0.15) is 5.75 Å². The van der Waals surface area contributed by atoms with Gasteiger partial charge in [-0.15, -0.1) is 0 Å². The molecule has 0 aliphatic heterocycles. The zero-order valence-electron chi connectivity index (χ0n) is 11.1. The largest absolute Gasteiger partial charge is 0.493 e. The molecule has 3 nitrogen and oxygen atoms in total. The molecule has 0 saturated heterocycles. The lowest BCUT2D eigenvalue weighted by molar-refractivity contribution is 0.173. The minimum atomic E-state index is -0.385. The maximum absolute atomic E-state index is 9.70. The monoisotopic (exact) mass is 257 g/mol. The summed E-state index contributed by atoms with van der Waals surface area (Å²) in [5.41, 5.74) is 2.10. The first kappa shape index (κ1) is 13.6. The zero-order valence-corrected chi connectivity index (χ0v) is 11.1. The molecule has 0 fully saturated rings. The SMILES string of the molecule is CC[C@H](O)c1ccc(OCCc2cccnc2)cc1. The standard InChI is InChI=1S/C16H19NO2/c1-2-16(18)14-5-7-15(8-6-14)19-11-9-13-4-3-10-17-12-13/h3-8,10,12,16,18H,2,9,11H2,1H3/t16-/m0/s1. The van der Waals surface area contributed by atoms with Gasteiger partial charge in [-0.2, -0.15) is 0 Å². The van der Waals surface area contributed by atoms with E-state index < -0.39 is 0 Å². The van der Waals surface area contributed by atoms with E-state index in [0.29, 0.717) is 6.61 Å². The van der Waals surface area contributed by atoms with Crippen molar-refractivity contribution < 1.29 is 9.84 Å². The average Bonchev–Trinajstić information content (AvgIpc) is 2.48. The summed E-state index contributed by atoms with van der Waals surface area (Å²) in [4.78, 5) is 4.07. The Morgan fingerprint density at radius 2 is 2.00 bits per heavy atom. The van der Waals surface area contributed by atoms with Gasteiger partial charge in [-0.3, -0.25) is 4.98 Å². The van der Waals surface area contributed by atoms with Gasteiger partial charge in [0.15, 0.2) is 0 Å². The van der Waals surface area contributed by atoms with Crippen LogP contribution in [0.3, 0.4) is 0 Å². The van der Waals surface area contributed by atoms with Crippen molar-refractivity contribution in [3.63, 3.8) is 0 Å². The Morgan fingerprint density at radius 3 is 2.63 bits per heavy atom. The lowest BCUT2D eigenvalue weighted by atomic mass is 10.1. The second kappa shape index (κ2) is 6.90. The van der Waals surface area contributed by atoms with Crippen molar-refractivity contribution in [3.8, 4) is 5.75 Å². The topological polar surface area (TPSA) is 42.4 Å². The molecule has 0 aliphatic rings. The van der Waals surface area contributed by atoms with Crippen molar-refractivity contribution >= 4 is 0 Å². The molecule has 2 aromatic rings. The molecule has 0 aliphatic carbocycles. The first-order chi connectivity index (χ1) is 9.29. The van der Waals surface area contributed by atoms with Gasteiger partial charge in [-0.1, -0.05) is 25.1 Å². The maximum atomic E-state index is 9.70. The summed E-state index contributed by atoms with van der Waals surface area (Å²) < 4.78 is 5.67. The third-order valence-electron chi connectivity index (χ3n) is 3.03. The molecule has 0 unspecified atom stereocenters. The van der Waals surface area contributed by atoms with Gasteiger partial charge in [-0.05, 0) is 35.7 Å². The lowest BCUT2D eigenvalue weighted by Gasteiger charge is -2.10. The summed E-state index contributed by atoms with van der Waals surface area (Å²) in [7, 11) is 0. The third-order valence-corrected chi connectivity index (χ3v) is 3.03. The van der Waals surface area contributed by atoms with Crippen LogP contribution in [0, 0.1) is 0 Å². The van der Waals surface area contributed by atoms with Gasteiger partial charge in [0.2, 0.25) is 0 Å². The highest BCUT2D eigenvalue weighted by molar-refractivity contribution is 5.28. The van der Waals surface area contributed by atoms with Crippen molar-refractivity contribution in [1.29, 1.82) is 0 Å². The van der Waals surface area contributed by atoms with Gasteiger partial charge in [0.05, 0.1) is 12.7 Å². The van der Waals surface area contributed by atoms with E-state index in [2.05, 4.69) is 4.98 Å². The van der Waals surface area contributed by atoms with Crippen LogP contribution >= 0.6 is 0 Å². The number of pyridine rings is 1. The van der Waals surface area contributed by atoms with Gasteiger partial charge in [0, 0.05) is 18.8 Å². The Kier molecular flexibility index (Phi) is 4.93. The molecular formula is C16H19NO2. The number of hydrogen-bond acceptors (Lipinski definition) is 3. The van der Waals surface area contributed by atoms with Crippen LogP contribution in [0.2, 0.25) is 0 Å². The molecule has 3 heteroatoms. The van der Waals surface area contributed by atoms with Crippen LogP contribution in [0.25, 0.3) is 0 Å². The number of aromatic nitrogens is 1. The second-order valence-corrected chi connectivity index (χ2v) is 4.45. The Balaban J connectivity index is 1.83. The average molecular weight is 257 g/mol. The van der Waals surface area contributed by atoms with E-state index in [4.69, 9.17) is 4.74 Å². The van der Waals surface area contributed by atoms with Crippen LogP contribution in [0.1, 0.15) is 30.6 Å². The van der Waals surface area contributed by atoms with Gasteiger partial charge >= 0.3 is 0 Å². The van der Waals surface area contributed by atoms with Crippen molar-refractivity contribution in [3.05, 3.63) is 59.9 Å². The van der Waals surface area contributed by atoms with E-state index >= 15 is 0 Å². The molecule has 1 atom stereocenters. The minimum absolute atomic E-state index is 0.385. The van der Waals surface area contributed by atoms with Crippen LogP contribution in [-0.4, -0.2) is 16.7 Å². The maximum Gasteiger partial charge on any atom is 0.119 e. The molecule has 100 valence electrons. The Labute approximate surface area is 113 Å². The van der Waals surface area contributed by atoms with E-state index in [1.807, 2.05) is 49.5 Å². The summed E-state index contributed by atoms with van der Waals surface area (Å²) in [6.45, 7) is 2.59. The highest BCUT2D eigenvalue weighted by Crippen LogP contribution is 2.19. The van der Waals surface area contributed by atoms with Crippen LogP contribution in [0.15, 0.2) is 48.8 Å². The Bertz CT molecular complexity index is 482. The van der Waals surface area contributed by atoms with Crippen LogP contribution in [0.5, 0.6) is 5.75 Å². The fourth-order valence-electron chi connectivity index (χ4n) is 1.85. The van der Waals surface area contributed by atoms with E-state index in [9.17, 15) is 5.11 Å². The summed E-state index contributed by atoms with van der Waals surface area (Å²) >= 11 is 0. The van der Waals surface area contributed by atoms with Gasteiger partial charge in [0.25, 0.3) is 0 Å². The zero-order chi connectivity index (χ0) is 13.5. The van der Waals surface area contributed by atoms with Crippen molar-refractivity contribution in [1.82, 2.24) is 4.98 Å². The fourth-order valence-corrected chi connectivity index (χ4v) is 1.85. The molecule has 1 aromatic heterocycles. The number of rotatable bonds is 6. The molecule has 1 aromatic carbocycles. The number of benzene rings is 1. The van der Waals surface area contributed by atoms with Crippen molar-refractivity contribution in [2.24, 2.45) is 0 Å². The van der Waals surface area contributed by atoms with E-state index in [-0.39, 0.29) is 6.10 Å². The Hall–Kier alpha value is -1.87. The van der Waals surface area contributed by atoms with Crippen LogP contribution in [-0.2, 0) is 6.42 Å². The minimum Gasteiger partial charge on any atom is -0.493 e. The number of nitrogens with zero attached hydrogens (tertiary/aromatic N) is 1. The molecule has 2 rings (SSSR count). The molecule has 0 bridgehead atoms. The summed E-state index contributed by atoms with van der Waals surface area (Å²) in [6.07, 6.45) is 4.80. The first-order valence-electron chi connectivity index (χ1n) is 6.59. The lowest BCUT2D eigenvalue weighted by Crippen LogP contribution is -2.02. The van der Waals surface area contributed by atoms with Gasteiger partial charge < -0.3 is 9.84 Å².